The Morgan fingerprint density at radius 1 is 1.55 bits per heavy atom. The Morgan fingerprint density at radius 2 is 2.45 bits per heavy atom. The lowest BCUT2D eigenvalue weighted by molar-refractivity contribution is 0.124. The van der Waals surface area contributed by atoms with Crippen molar-refractivity contribution in [2.75, 3.05) is 25.4 Å². The maximum absolute atomic E-state index is 5.49. The van der Waals surface area contributed by atoms with Crippen molar-refractivity contribution >= 4 is 41.4 Å². The molecular formula is C12H19ClN4OS2. The van der Waals surface area contributed by atoms with Crippen LogP contribution in [0.4, 0.5) is 0 Å². The zero-order valence-corrected chi connectivity index (χ0v) is 13.9. The van der Waals surface area contributed by atoms with Crippen molar-refractivity contribution in [3.8, 4) is 0 Å². The predicted octanol–water partition coefficient (Wildman–Crippen LogP) is 2.67. The van der Waals surface area contributed by atoms with Gasteiger partial charge in [-0.25, -0.2) is 0 Å². The largest absolute Gasteiger partial charge is 0.389 e. The van der Waals surface area contributed by atoms with Gasteiger partial charge in [-0.3, -0.25) is 4.90 Å². The number of halogens is 1. The summed E-state index contributed by atoms with van der Waals surface area (Å²) in [5.41, 5.74) is 2.13. The van der Waals surface area contributed by atoms with Crippen LogP contribution in [0.5, 0.6) is 0 Å². The Morgan fingerprint density at radius 3 is 3.15 bits per heavy atom. The van der Waals surface area contributed by atoms with E-state index in [0.717, 1.165) is 31.0 Å². The van der Waals surface area contributed by atoms with Crippen molar-refractivity contribution in [2.45, 2.75) is 30.6 Å². The van der Waals surface area contributed by atoms with Gasteiger partial charge in [-0.2, -0.15) is 0 Å². The van der Waals surface area contributed by atoms with Crippen LogP contribution >= 0.6 is 35.7 Å². The second-order valence-corrected chi connectivity index (χ2v) is 7.05. The highest BCUT2D eigenvalue weighted by atomic mass is 35.5. The number of oxime groups is 1. The van der Waals surface area contributed by atoms with Gasteiger partial charge < -0.3 is 4.84 Å². The van der Waals surface area contributed by atoms with E-state index in [1.807, 2.05) is 0 Å². The van der Waals surface area contributed by atoms with Crippen LogP contribution in [-0.2, 0) is 11.4 Å². The average molecular weight is 335 g/mol. The van der Waals surface area contributed by atoms with Crippen molar-refractivity contribution in [3.63, 3.8) is 0 Å². The lowest BCUT2D eigenvalue weighted by atomic mass is 10.0. The molecule has 112 valence electrons. The van der Waals surface area contributed by atoms with E-state index in [9.17, 15) is 0 Å². The minimum Gasteiger partial charge on any atom is -0.389 e. The number of thioether (sulfide) groups is 1. The number of rotatable bonds is 6. The highest BCUT2D eigenvalue weighted by Crippen LogP contribution is 2.27. The fourth-order valence-electron chi connectivity index (χ4n) is 2.48. The van der Waals surface area contributed by atoms with Crippen LogP contribution in [0.2, 0.25) is 0 Å². The molecule has 2 aliphatic rings. The molecule has 2 atom stereocenters. The number of aromatic nitrogens is 2. The van der Waals surface area contributed by atoms with E-state index in [2.05, 4.69) is 26.6 Å². The van der Waals surface area contributed by atoms with Crippen molar-refractivity contribution < 1.29 is 4.84 Å². The van der Waals surface area contributed by atoms with E-state index in [0.29, 0.717) is 12.5 Å². The van der Waals surface area contributed by atoms with Gasteiger partial charge in [0.1, 0.15) is 9.90 Å². The lowest BCUT2D eigenvalue weighted by Gasteiger charge is -2.12. The van der Waals surface area contributed by atoms with Crippen molar-refractivity contribution in [1.82, 2.24) is 14.5 Å². The third-order valence-corrected chi connectivity index (χ3v) is 5.72. The van der Waals surface area contributed by atoms with E-state index in [-0.39, 0.29) is 12.4 Å². The van der Waals surface area contributed by atoms with E-state index in [4.69, 9.17) is 4.84 Å². The van der Waals surface area contributed by atoms with Gasteiger partial charge in [0.05, 0.1) is 5.71 Å². The summed E-state index contributed by atoms with van der Waals surface area (Å²) in [6, 6.07) is 0. The molecule has 2 unspecified atom stereocenters. The van der Waals surface area contributed by atoms with Crippen LogP contribution in [0.1, 0.15) is 25.5 Å². The highest BCUT2D eigenvalue weighted by molar-refractivity contribution is 8.01. The normalized spacial score (nSPS) is 25.9. The third-order valence-electron chi connectivity index (χ3n) is 3.47. The van der Waals surface area contributed by atoms with Crippen molar-refractivity contribution in [3.05, 3.63) is 5.69 Å². The maximum atomic E-state index is 5.49. The summed E-state index contributed by atoms with van der Waals surface area (Å²) >= 11 is 3.25. The number of hydrogen-bond acceptors (Lipinski definition) is 7. The Labute approximate surface area is 133 Å². The average Bonchev–Trinajstić information content (AvgIpc) is 3.12. The Hall–Kier alpha value is -0.370. The van der Waals surface area contributed by atoms with E-state index < -0.39 is 0 Å². The number of nitrogens with zero attached hydrogens (tertiary/aromatic N) is 4. The lowest BCUT2D eigenvalue weighted by Crippen LogP contribution is -2.23. The summed E-state index contributed by atoms with van der Waals surface area (Å²) in [5.74, 6) is 1.73. The van der Waals surface area contributed by atoms with Crippen LogP contribution in [0.3, 0.4) is 0 Å². The molecule has 20 heavy (non-hydrogen) atoms. The molecule has 0 aliphatic carbocycles. The Balaban J connectivity index is 0.00000147. The first kappa shape index (κ1) is 16.0. The topological polar surface area (TPSA) is 50.6 Å². The zero-order chi connectivity index (χ0) is 13.1. The van der Waals surface area contributed by atoms with Gasteiger partial charge in [-0.05, 0) is 36.7 Å². The number of fused-ring (bicyclic) bond motifs is 2. The van der Waals surface area contributed by atoms with Gasteiger partial charge in [0.15, 0.2) is 6.61 Å². The molecule has 1 aromatic rings. The zero-order valence-electron chi connectivity index (χ0n) is 11.4. The molecular weight excluding hydrogens is 316 g/mol. The molecule has 0 spiro atoms. The first-order valence-electron chi connectivity index (χ1n) is 6.72. The SMILES string of the molecule is CCCSc1snnc1CO/N=C1\CN2CCC1C2.Cl. The summed E-state index contributed by atoms with van der Waals surface area (Å²) in [6.07, 6.45) is 2.39. The van der Waals surface area contributed by atoms with Gasteiger partial charge in [0.2, 0.25) is 0 Å². The summed E-state index contributed by atoms with van der Waals surface area (Å²) in [6.45, 7) is 5.99. The minimum absolute atomic E-state index is 0. The molecule has 0 aromatic carbocycles. The number of hydrogen-bond donors (Lipinski definition) is 0. The van der Waals surface area contributed by atoms with E-state index in [1.165, 1.54) is 34.4 Å². The van der Waals surface area contributed by atoms with Gasteiger partial charge in [-0.1, -0.05) is 16.6 Å². The molecule has 1 aromatic heterocycles. The first-order valence-corrected chi connectivity index (χ1v) is 8.48. The standard InChI is InChI=1S/C12H18N4OS2.ClH/c1-2-5-18-12-11(13-15-19-12)8-17-14-10-7-16-4-3-9(10)6-16;/h9H,2-8H2,1H3;1H/b14-10+;. The number of piperidine rings is 1. The summed E-state index contributed by atoms with van der Waals surface area (Å²) in [4.78, 5) is 7.92. The summed E-state index contributed by atoms with van der Waals surface area (Å²) in [5, 5.41) is 8.43. The summed E-state index contributed by atoms with van der Waals surface area (Å²) in [7, 11) is 0. The molecule has 2 saturated heterocycles. The smallest absolute Gasteiger partial charge is 0.163 e. The van der Waals surface area contributed by atoms with E-state index >= 15 is 0 Å². The molecule has 3 rings (SSSR count). The molecule has 2 fully saturated rings. The molecule has 0 N–H and O–H groups in total. The van der Waals surface area contributed by atoms with Crippen LogP contribution in [0, 0.1) is 5.92 Å². The highest BCUT2D eigenvalue weighted by Gasteiger charge is 2.35. The van der Waals surface area contributed by atoms with Crippen LogP contribution < -0.4 is 0 Å². The van der Waals surface area contributed by atoms with Gasteiger partial charge in [0.25, 0.3) is 0 Å². The first-order chi connectivity index (χ1) is 9.36. The second-order valence-electron chi connectivity index (χ2n) is 4.93. The molecule has 8 heteroatoms. The molecule has 2 bridgehead atoms. The van der Waals surface area contributed by atoms with Gasteiger partial charge in [0, 0.05) is 19.0 Å². The van der Waals surface area contributed by atoms with E-state index in [1.54, 1.807) is 11.8 Å². The summed E-state index contributed by atoms with van der Waals surface area (Å²) < 4.78 is 5.16. The van der Waals surface area contributed by atoms with Crippen LogP contribution in [0.25, 0.3) is 0 Å². The second kappa shape index (κ2) is 7.59. The molecule has 2 aliphatic heterocycles. The fourth-order valence-corrected chi connectivity index (χ4v) is 4.11. The van der Waals surface area contributed by atoms with Gasteiger partial charge >= 0.3 is 0 Å². The Kier molecular flexibility index (Phi) is 6.07. The van der Waals surface area contributed by atoms with Crippen LogP contribution in [-0.4, -0.2) is 45.6 Å². The Bertz CT molecular complexity index is 468. The molecule has 5 nitrogen and oxygen atoms in total. The molecule has 3 heterocycles. The van der Waals surface area contributed by atoms with Crippen LogP contribution in [0.15, 0.2) is 9.36 Å². The van der Waals surface area contributed by atoms with Gasteiger partial charge in [-0.15, -0.1) is 29.3 Å². The maximum Gasteiger partial charge on any atom is 0.163 e. The monoisotopic (exact) mass is 334 g/mol. The fraction of sp³-hybridized carbons (Fsp3) is 0.750. The third kappa shape index (κ3) is 3.63. The quantitative estimate of drug-likeness (QED) is 0.591. The molecule has 0 amide bonds. The van der Waals surface area contributed by atoms with Crippen molar-refractivity contribution in [1.29, 1.82) is 0 Å². The minimum atomic E-state index is 0. The van der Waals surface area contributed by atoms with Crippen molar-refractivity contribution in [2.24, 2.45) is 11.1 Å². The molecule has 0 saturated carbocycles. The molecule has 0 radical (unpaired) electrons. The predicted molar refractivity (Wildman–Crippen MR) is 84.9 cm³/mol.